The van der Waals surface area contributed by atoms with Crippen molar-refractivity contribution < 1.29 is 0 Å². The van der Waals surface area contributed by atoms with E-state index in [1.165, 1.54) is 58.7 Å². The van der Waals surface area contributed by atoms with Crippen LogP contribution in [0.15, 0.2) is 210 Å². The second-order valence-electron chi connectivity index (χ2n) is 15.4. The van der Waals surface area contributed by atoms with Crippen LogP contribution in [0.2, 0.25) is 0 Å². The maximum atomic E-state index is 5.62. The molecule has 3 heterocycles. The summed E-state index contributed by atoms with van der Waals surface area (Å²) >= 11 is 1.87. The Labute approximate surface area is 347 Å². The predicted molar refractivity (Wildman–Crippen MR) is 252 cm³/mol. The molecule has 0 fully saturated rings. The maximum absolute atomic E-state index is 5.62. The van der Waals surface area contributed by atoms with E-state index in [2.05, 4.69) is 212 Å². The molecule has 0 bridgehead atoms. The molecule has 2 aromatic heterocycles. The number of aromatic nitrogens is 1. The molecular formula is C55H39N3S. The first-order chi connectivity index (χ1) is 29.2. The fraction of sp³-hybridized carbons (Fsp3) is 0.0545. The van der Waals surface area contributed by atoms with E-state index >= 15 is 0 Å². The van der Waals surface area contributed by atoms with Crippen molar-refractivity contribution in [1.82, 2.24) is 4.57 Å². The van der Waals surface area contributed by atoms with Gasteiger partial charge in [0.2, 0.25) is 0 Å². The minimum Gasteiger partial charge on any atom is -0.309 e. The molecule has 1 aliphatic heterocycles. The van der Waals surface area contributed by atoms with Gasteiger partial charge in [0.1, 0.15) is 0 Å². The summed E-state index contributed by atoms with van der Waals surface area (Å²) in [4.78, 5) is 11.2. The average molecular weight is 774 g/mol. The molecule has 1 unspecified atom stereocenters. The van der Waals surface area contributed by atoms with Crippen molar-refractivity contribution in [2.75, 3.05) is 0 Å². The van der Waals surface area contributed by atoms with Gasteiger partial charge in [0.25, 0.3) is 0 Å². The lowest BCUT2D eigenvalue weighted by Gasteiger charge is -2.20. The third-order valence-electron chi connectivity index (χ3n) is 11.7. The van der Waals surface area contributed by atoms with Crippen molar-refractivity contribution in [3.05, 3.63) is 217 Å². The van der Waals surface area contributed by atoms with Gasteiger partial charge in [-0.3, -0.25) is 0 Å². The first-order valence-electron chi connectivity index (χ1n) is 20.3. The van der Waals surface area contributed by atoms with Crippen molar-refractivity contribution in [2.45, 2.75) is 13.3 Å². The van der Waals surface area contributed by atoms with Crippen LogP contribution in [-0.4, -0.2) is 16.1 Å². The molecule has 0 radical (unpaired) electrons. The van der Waals surface area contributed by atoms with E-state index in [1.54, 1.807) is 0 Å². The Morgan fingerprint density at radius 3 is 1.92 bits per heavy atom. The summed E-state index contributed by atoms with van der Waals surface area (Å²) in [5, 5.41) is 5.02. The molecule has 0 saturated heterocycles. The summed E-state index contributed by atoms with van der Waals surface area (Å²) in [5.74, 6) is 0.813. The SMILES string of the molecule is CC1C/C=C(c2cc(-c3ccccc3)cc(-c3cccc4c3sc3ccccc34)c2)/N=C(c2ccccc2)\N=C/1c1cccc2c1c1ccccc1n2-c1ccccc1. The van der Waals surface area contributed by atoms with E-state index in [4.69, 9.17) is 9.98 Å². The van der Waals surface area contributed by atoms with Gasteiger partial charge in [0, 0.05) is 59.2 Å². The molecule has 280 valence electrons. The van der Waals surface area contributed by atoms with Gasteiger partial charge < -0.3 is 4.57 Å². The van der Waals surface area contributed by atoms with Crippen LogP contribution in [0.5, 0.6) is 0 Å². The second kappa shape index (κ2) is 14.7. The summed E-state index contributed by atoms with van der Waals surface area (Å²) in [6.07, 6.45) is 3.12. The van der Waals surface area contributed by atoms with Crippen molar-refractivity contribution in [3.63, 3.8) is 0 Å². The Hall–Kier alpha value is -7.14. The van der Waals surface area contributed by atoms with Gasteiger partial charge in [-0.1, -0.05) is 159 Å². The van der Waals surface area contributed by atoms with E-state index in [0.717, 1.165) is 45.8 Å². The second-order valence-corrected chi connectivity index (χ2v) is 16.4. The maximum Gasteiger partial charge on any atom is 0.160 e. The zero-order chi connectivity index (χ0) is 39.3. The Morgan fingerprint density at radius 1 is 0.492 bits per heavy atom. The largest absolute Gasteiger partial charge is 0.309 e. The molecular weight excluding hydrogens is 735 g/mol. The molecule has 8 aromatic carbocycles. The number of nitrogens with zero attached hydrogens (tertiary/aromatic N) is 3. The van der Waals surface area contributed by atoms with Crippen molar-refractivity contribution in [1.29, 1.82) is 0 Å². The molecule has 4 heteroatoms. The molecule has 1 atom stereocenters. The van der Waals surface area contributed by atoms with Crippen LogP contribution in [0.3, 0.4) is 0 Å². The lowest BCUT2D eigenvalue weighted by atomic mass is 9.90. The van der Waals surface area contributed by atoms with Crippen molar-refractivity contribution in [3.8, 4) is 27.9 Å². The highest BCUT2D eigenvalue weighted by molar-refractivity contribution is 7.26. The van der Waals surface area contributed by atoms with E-state index in [-0.39, 0.29) is 5.92 Å². The molecule has 0 spiro atoms. The average Bonchev–Trinajstić information content (AvgIpc) is 3.85. The Morgan fingerprint density at radius 2 is 1.10 bits per heavy atom. The number of benzene rings is 8. The zero-order valence-electron chi connectivity index (χ0n) is 32.6. The Balaban J connectivity index is 1.12. The van der Waals surface area contributed by atoms with Crippen LogP contribution in [0.4, 0.5) is 0 Å². The first kappa shape index (κ1) is 35.1. The molecule has 11 rings (SSSR count). The van der Waals surface area contributed by atoms with Gasteiger partial charge in [0.15, 0.2) is 5.84 Å². The van der Waals surface area contributed by atoms with Crippen LogP contribution < -0.4 is 0 Å². The standard InChI is InChI=1S/C55H39N3S/c1-36-31-32-48(41-34-39(37-17-5-2-6-18-37)33-40(35-41)43-25-15-26-45-44-23-12-14-30-51(44)59-54(43)45)56-55(38-19-7-3-8-20-38)57-53(36)47-27-16-29-50-52(47)46-24-11-13-28-49(46)58(50)42-21-9-4-10-22-42/h2-30,32-36H,31H2,1H3/b48-32+,56-55-,57-53+. The van der Waals surface area contributed by atoms with Crippen molar-refractivity contribution in [2.24, 2.45) is 15.9 Å². The van der Waals surface area contributed by atoms with Crippen LogP contribution in [-0.2, 0) is 0 Å². The minimum atomic E-state index is 0.104. The molecule has 1 aliphatic rings. The number of aliphatic imine (C=N–C) groups is 2. The number of fused-ring (bicyclic) bond motifs is 6. The van der Waals surface area contributed by atoms with Crippen molar-refractivity contribution >= 4 is 70.6 Å². The van der Waals surface area contributed by atoms with Gasteiger partial charge in [-0.15, -0.1) is 11.3 Å². The summed E-state index contributed by atoms with van der Waals surface area (Å²) in [7, 11) is 0. The van der Waals surface area contributed by atoms with Crippen LogP contribution in [0, 0.1) is 5.92 Å². The monoisotopic (exact) mass is 773 g/mol. The van der Waals surface area contributed by atoms with Crippen LogP contribution in [0.1, 0.15) is 30.0 Å². The number of amidine groups is 1. The highest BCUT2D eigenvalue weighted by Gasteiger charge is 2.24. The molecule has 0 aliphatic carbocycles. The highest BCUT2D eigenvalue weighted by Crippen LogP contribution is 2.42. The van der Waals surface area contributed by atoms with Gasteiger partial charge in [0.05, 0.1) is 22.4 Å². The fourth-order valence-corrected chi connectivity index (χ4v) is 10.1. The van der Waals surface area contributed by atoms with Gasteiger partial charge in [-0.05, 0) is 77.2 Å². The number of thiophene rings is 1. The first-order valence-corrected chi connectivity index (χ1v) is 21.1. The van der Waals surface area contributed by atoms with Crippen LogP contribution in [0.25, 0.3) is 75.6 Å². The van der Waals surface area contributed by atoms with Crippen LogP contribution >= 0.6 is 11.3 Å². The number of hydrogen-bond donors (Lipinski definition) is 0. The van der Waals surface area contributed by atoms with E-state index in [9.17, 15) is 0 Å². The summed E-state index contributed by atoms with van der Waals surface area (Å²) in [5.41, 5.74) is 13.4. The topological polar surface area (TPSA) is 29.6 Å². The molecule has 0 N–H and O–H groups in total. The number of allylic oxidation sites excluding steroid dienone is 1. The van der Waals surface area contributed by atoms with Gasteiger partial charge in [-0.2, -0.15) is 0 Å². The highest BCUT2D eigenvalue weighted by atomic mass is 32.1. The molecule has 0 amide bonds. The minimum absolute atomic E-state index is 0.104. The third-order valence-corrected chi connectivity index (χ3v) is 12.9. The predicted octanol–water partition coefficient (Wildman–Crippen LogP) is 14.8. The molecule has 3 nitrogen and oxygen atoms in total. The fourth-order valence-electron chi connectivity index (χ4n) is 8.82. The van der Waals surface area contributed by atoms with Gasteiger partial charge >= 0.3 is 0 Å². The number of para-hydroxylation sites is 2. The quantitative estimate of drug-likeness (QED) is 0.161. The Bertz CT molecular complexity index is 3300. The summed E-state index contributed by atoms with van der Waals surface area (Å²) in [6, 6.07) is 69.7. The molecule has 0 saturated carbocycles. The normalized spacial score (nSPS) is 17.2. The molecule has 10 aromatic rings. The Kier molecular flexibility index (Phi) is 8.71. The molecule has 59 heavy (non-hydrogen) atoms. The lowest BCUT2D eigenvalue weighted by Crippen LogP contribution is -2.17. The zero-order valence-corrected chi connectivity index (χ0v) is 33.4. The lowest BCUT2D eigenvalue weighted by molar-refractivity contribution is 0.791. The smallest absolute Gasteiger partial charge is 0.160 e. The van der Waals surface area contributed by atoms with E-state index in [1.807, 2.05) is 11.3 Å². The number of rotatable bonds is 6. The number of hydrogen-bond acceptors (Lipinski definition) is 3. The van der Waals surface area contributed by atoms with E-state index < -0.39 is 0 Å². The van der Waals surface area contributed by atoms with Gasteiger partial charge in [-0.25, -0.2) is 9.98 Å². The summed E-state index contributed by atoms with van der Waals surface area (Å²) in [6.45, 7) is 2.31. The third kappa shape index (κ3) is 6.21. The van der Waals surface area contributed by atoms with E-state index in [0.29, 0.717) is 5.84 Å². The summed E-state index contributed by atoms with van der Waals surface area (Å²) < 4.78 is 4.98.